The molecule has 5 heteroatoms. The van der Waals surface area contributed by atoms with Gasteiger partial charge in [-0.1, -0.05) is 15.9 Å². The van der Waals surface area contributed by atoms with Crippen LogP contribution in [0.2, 0.25) is 0 Å². The van der Waals surface area contributed by atoms with Crippen molar-refractivity contribution in [3.05, 3.63) is 28.2 Å². The highest BCUT2D eigenvalue weighted by atomic mass is 79.9. The molecule has 2 aromatic rings. The molecular formula is C10H9BrN2OS. The molecule has 0 aliphatic heterocycles. The van der Waals surface area contributed by atoms with E-state index in [0.717, 1.165) is 21.5 Å². The van der Waals surface area contributed by atoms with Crippen molar-refractivity contribution in [2.45, 2.75) is 0 Å². The van der Waals surface area contributed by atoms with Gasteiger partial charge in [0, 0.05) is 10.0 Å². The van der Waals surface area contributed by atoms with Gasteiger partial charge in [0.25, 0.3) is 0 Å². The van der Waals surface area contributed by atoms with E-state index in [1.807, 2.05) is 18.2 Å². The number of nitrogens with two attached hydrogens (primary N) is 1. The first-order chi connectivity index (χ1) is 7.22. The summed E-state index contributed by atoms with van der Waals surface area (Å²) in [4.78, 5) is 4.23. The number of aromatic nitrogens is 1. The number of nitrogens with zero attached hydrogens (tertiary/aromatic N) is 1. The number of benzene rings is 1. The Kier molecular flexibility index (Phi) is 2.93. The lowest BCUT2D eigenvalue weighted by atomic mass is 10.1. The highest BCUT2D eigenvalue weighted by molar-refractivity contribution is 9.10. The summed E-state index contributed by atoms with van der Waals surface area (Å²) in [5, 5.41) is 0.700. The molecule has 78 valence electrons. The Balaban J connectivity index is 2.60. The van der Waals surface area contributed by atoms with Crippen molar-refractivity contribution >= 4 is 32.3 Å². The van der Waals surface area contributed by atoms with Gasteiger partial charge < -0.3 is 10.5 Å². The van der Waals surface area contributed by atoms with E-state index in [0.29, 0.717) is 5.00 Å². The molecule has 0 saturated heterocycles. The van der Waals surface area contributed by atoms with Gasteiger partial charge in [0.15, 0.2) is 0 Å². The number of hydrogen-bond acceptors (Lipinski definition) is 4. The van der Waals surface area contributed by atoms with Crippen LogP contribution in [0.1, 0.15) is 0 Å². The molecule has 2 N–H and O–H groups in total. The summed E-state index contributed by atoms with van der Waals surface area (Å²) < 4.78 is 6.24. The van der Waals surface area contributed by atoms with E-state index in [2.05, 4.69) is 20.9 Å². The van der Waals surface area contributed by atoms with Crippen LogP contribution in [0.15, 0.2) is 28.2 Å². The van der Waals surface area contributed by atoms with E-state index in [1.54, 1.807) is 12.6 Å². The molecule has 0 spiro atoms. The van der Waals surface area contributed by atoms with E-state index in [4.69, 9.17) is 10.5 Å². The summed E-state index contributed by atoms with van der Waals surface area (Å²) in [5.74, 6) is 0.774. The summed E-state index contributed by atoms with van der Waals surface area (Å²) in [6, 6.07) is 5.76. The molecule has 0 atom stereocenters. The zero-order chi connectivity index (χ0) is 10.8. The maximum atomic E-state index is 5.83. The number of ether oxygens (including phenoxy) is 1. The molecule has 1 aromatic heterocycles. The average molecular weight is 285 g/mol. The Morgan fingerprint density at radius 3 is 2.87 bits per heavy atom. The summed E-state index contributed by atoms with van der Waals surface area (Å²) in [5.41, 5.74) is 9.24. The van der Waals surface area contributed by atoms with Gasteiger partial charge in [-0.2, -0.15) is 0 Å². The smallest absolute Gasteiger partial charge is 0.128 e. The van der Waals surface area contributed by atoms with Crippen LogP contribution in [-0.2, 0) is 0 Å². The predicted octanol–water partition coefficient (Wildman–Crippen LogP) is 3.16. The minimum atomic E-state index is 0.700. The highest BCUT2D eigenvalue weighted by Gasteiger charge is 2.11. The van der Waals surface area contributed by atoms with E-state index in [9.17, 15) is 0 Å². The molecule has 1 heterocycles. The lowest BCUT2D eigenvalue weighted by Crippen LogP contribution is -1.91. The van der Waals surface area contributed by atoms with Gasteiger partial charge in [0.05, 0.1) is 12.6 Å². The van der Waals surface area contributed by atoms with Crippen LogP contribution in [0.5, 0.6) is 5.75 Å². The van der Waals surface area contributed by atoms with Crippen LogP contribution >= 0.6 is 27.3 Å². The molecule has 0 saturated carbocycles. The molecule has 3 nitrogen and oxygen atoms in total. The van der Waals surface area contributed by atoms with Gasteiger partial charge in [-0.25, -0.2) is 4.98 Å². The molecule has 0 amide bonds. The third kappa shape index (κ3) is 1.98. The zero-order valence-corrected chi connectivity index (χ0v) is 10.4. The van der Waals surface area contributed by atoms with Crippen LogP contribution in [0, 0.1) is 0 Å². The van der Waals surface area contributed by atoms with Crippen molar-refractivity contribution in [3.8, 4) is 17.0 Å². The van der Waals surface area contributed by atoms with E-state index in [-0.39, 0.29) is 0 Å². The van der Waals surface area contributed by atoms with Crippen LogP contribution < -0.4 is 10.5 Å². The predicted molar refractivity (Wildman–Crippen MR) is 66.2 cm³/mol. The summed E-state index contributed by atoms with van der Waals surface area (Å²) >= 11 is 4.83. The number of nitrogen functional groups attached to an aromatic ring is 1. The standard InChI is InChI=1S/C10H9BrN2OS/c1-14-8-3-2-6(11)4-7(8)9-10(12)15-5-13-9/h2-5H,12H2,1H3. The first-order valence-electron chi connectivity index (χ1n) is 4.25. The van der Waals surface area contributed by atoms with Crippen molar-refractivity contribution in [3.63, 3.8) is 0 Å². The minimum Gasteiger partial charge on any atom is -0.496 e. The quantitative estimate of drug-likeness (QED) is 0.922. The second kappa shape index (κ2) is 4.20. The molecule has 2 rings (SSSR count). The number of methoxy groups -OCH3 is 1. The average Bonchev–Trinajstić information content (AvgIpc) is 2.64. The second-order valence-corrected chi connectivity index (χ2v) is 4.71. The maximum absolute atomic E-state index is 5.83. The molecule has 0 radical (unpaired) electrons. The molecule has 0 fully saturated rings. The van der Waals surface area contributed by atoms with Gasteiger partial charge in [0.2, 0.25) is 0 Å². The number of anilines is 1. The highest BCUT2D eigenvalue weighted by Crippen LogP contribution is 2.36. The minimum absolute atomic E-state index is 0.700. The fourth-order valence-corrected chi connectivity index (χ4v) is 2.23. The fraction of sp³-hybridized carbons (Fsp3) is 0.100. The van der Waals surface area contributed by atoms with Crippen LogP contribution in [0.4, 0.5) is 5.00 Å². The SMILES string of the molecule is COc1ccc(Br)cc1-c1ncsc1N. The van der Waals surface area contributed by atoms with Crippen molar-refractivity contribution in [1.29, 1.82) is 0 Å². The fourth-order valence-electron chi connectivity index (χ4n) is 1.32. The summed E-state index contributed by atoms with van der Waals surface area (Å²) in [6.45, 7) is 0. The zero-order valence-electron chi connectivity index (χ0n) is 8.03. The lowest BCUT2D eigenvalue weighted by Gasteiger charge is -2.07. The maximum Gasteiger partial charge on any atom is 0.128 e. The number of hydrogen-bond donors (Lipinski definition) is 1. The van der Waals surface area contributed by atoms with Crippen LogP contribution in [0.25, 0.3) is 11.3 Å². The Labute approximate surface area is 100 Å². The number of halogens is 1. The first kappa shape index (κ1) is 10.4. The van der Waals surface area contributed by atoms with E-state index < -0.39 is 0 Å². The molecule has 15 heavy (non-hydrogen) atoms. The third-order valence-corrected chi connectivity index (χ3v) is 3.16. The lowest BCUT2D eigenvalue weighted by molar-refractivity contribution is 0.416. The van der Waals surface area contributed by atoms with Crippen molar-refractivity contribution in [1.82, 2.24) is 4.98 Å². The second-order valence-electron chi connectivity index (χ2n) is 2.91. The van der Waals surface area contributed by atoms with Crippen molar-refractivity contribution in [2.75, 3.05) is 12.8 Å². The summed E-state index contributed by atoms with van der Waals surface area (Å²) in [6.07, 6.45) is 0. The van der Waals surface area contributed by atoms with Gasteiger partial charge in [0.1, 0.15) is 16.4 Å². The van der Waals surface area contributed by atoms with E-state index in [1.165, 1.54) is 11.3 Å². The first-order valence-corrected chi connectivity index (χ1v) is 5.92. The Hall–Kier alpha value is -1.07. The van der Waals surface area contributed by atoms with E-state index >= 15 is 0 Å². The Morgan fingerprint density at radius 1 is 1.47 bits per heavy atom. The molecule has 0 aliphatic rings. The van der Waals surface area contributed by atoms with Crippen LogP contribution in [0.3, 0.4) is 0 Å². The third-order valence-electron chi connectivity index (χ3n) is 2.01. The summed E-state index contributed by atoms with van der Waals surface area (Å²) in [7, 11) is 1.63. The molecule has 1 aromatic carbocycles. The van der Waals surface area contributed by atoms with Gasteiger partial charge in [-0.3, -0.25) is 0 Å². The van der Waals surface area contributed by atoms with Gasteiger partial charge in [-0.15, -0.1) is 11.3 Å². The number of thiazole rings is 1. The van der Waals surface area contributed by atoms with Gasteiger partial charge >= 0.3 is 0 Å². The van der Waals surface area contributed by atoms with Crippen molar-refractivity contribution < 1.29 is 4.74 Å². The van der Waals surface area contributed by atoms with Gasteiger partial charge in [-0.05, 0) is 18.2 Å². The molecular weight excluding hydrogens is 276 g/mol. The normalized spacial score (nSPS) is 10.3. The Morgan fingerprint density at radius 2 is 2.27 bits per heavy atom. The molecule has 0 aliphatic carbocycles. The van der Waals surface area contributed by atoms with Crippen LogP contribution in [-0.4, -0.2) is 12.1 Å². The topological polar surface area (TPSA) is 48.1 Å². The Bertz CT molecular complexity index is 484. The molecule has 0 bridgehead atoms. The molecule has 0 unspecified atom stereocenters. The largest absolute Gasteiger partial charge is 0.496 e. The van der Waals surface area contributed by atoms with Crippen molar-refractivity contribution in [2.24, 2.45) is 0 Å². The monoisotopic (exact) mass is 284 g/mol. The number of rotatable bonds is 2.